The maximum Gasteiger partial charge on any atom is 0.0614 e. The van der Waals surface area contributed by atoms with Crippen molar-refractivity contribution >= 4 is 0 Å². The van der Waals surface area contributed by atoms with E-state index >= 15 is 0 Å². The molecule has 0 aromatic rings. The Labute approximate surface area is 147 Å². The van der Waals surface area contributed by atoms with Gasteiger partial charge in [-0.2, -0.15) is 0 Å². The van der Waals surface area contributed by atoms with Gasteiger partial charge in [0.1, 0.15) is 0 Å². The second-order valence-electron chi connectivity index (χ2n) is 6.53. The minimum Gasteiger partial charge on any atom is -0.396 e. The first kappa shape index (κ1) is 27.0. The van der Waals surface area contributed by atoms with Crippen molar-refractivity contribution in [1.82, 2.24) is 0 Å². The molecule has 2 heteroatoms. The van der Waals surface area contributed by atoms with Crippen LogP contribution in [0, 0.1) is 5.92 Å². The number of hydrogen-bond donors (Lipinski definition) is 2. The van der Waals surface area contributed by atoms with Crippen LogP contribution in [0.2, 0.25) is 0 Å². The van der Waals surface area contributed by atoms with E-state index in [0.717, 1.165) is 25.7 Å². The third-order valence-electron chi connectivity index (χ3n) is 3.36. The van der Waals surface area contributed by atoms with E-state index in [1.54, 1.807) is 0 Å². The van der Waals surface area contributed by atoms with Crippen molar-refractivity contribution in [1.29, 1.82) is 0 Å². The molecular formula is C21H44O2. The van der Waals surface area contributed by atoms with Crippen LogP contribution in [0.1, 0.15) is 82.5 Å². The molecule has 1 atom stereocenters. The zero-order valence-corrected chi connectivity index (χ0v) is 15.7. The molecule has 0 aliphatic heterocycles. The van der Waals surface area contributed by atoms with Crippen LogP contribution in [0.3, 0.4) is 0 Å². The van der Waals surface area contributed by atoms with E-state index in [4.69, 9.17) is 10.2 Å². The van der Waals surface area contributed by atoms with Crippen LogP contribution in [0.25, 0.3) is 0 Å². The number of aliphatic hydroxyl groups is 2. The molecule has 0 bridgehead atoms. The second-order valence-corrected chi connectivity index (χ2v) is 6.53. The second kappa shape index (κ2) is 19.2. The van der Waals surface area contributed by atoms with E-state index in [1.165, 1.54) is 23.1 Å². The lowest BCUT2D eigenvalue weighted by Gasteiger charge is -2.06. The fourth-order valence-corrected chi connectivity index (χ4v) is 1.87. The Balaban J connectivity index is -0.000000154. The molecule has 1 unspecified atom stereocenters. The number of allylic oxidation sites excluding steroid dienone is 5. The summed E-state index contributed by atoms with van der Waals surface area (Å²) in [4.78, 5) is 0. The molecule has 0 amide bonds. The highest BCUT2D eigenvalue weighted by molar-refractivity contribution is 5.01. The molecular weight excluding hydrogens is 284 g/mol. The summed E-state index contributed by atoms with van der Waals surface area (Å²) in [5.41, 5.74) is 4.02. The smallest absolute Gasteiger partial charge is 0.0614 e. The Morgan fingerprint density at radius 2 is 1.39 bits per heavy atom. The minimum atomic E-state index is 0. The third kappa shape index (κ3) is 26.4. The van der Waals surface area contributed by atoms with Crippen LogP contribution in [0.5, 0.6) is 0 Å². The summed E-state index contributed by atoms with van der Waals surface area (Å²) >= 11 is 0. The predicted molar refractivity (Wildman–Crippen MR) is 108 cm³/mol. The maximum atomic E-state index is 8.63. The van der Waals surface area contributed by atoms with Crippen molar-refractivity contribution in [2.75, 3.05) is 13.2 Å². The number of aliphatic hydroxyl groups excluding tert-OH is 2. The van der Waals surface area contributed by atoms with Crippen LogP contribution < -0.4 is 0 Å². The first-order valence-corrected chi connectivity index (χ1v) is 8.47. The normalized spacial score (nSPS) is 11.6. The summed E-state index contributed by atoms with van der Waals surface area (Å²) in [7, 11) is 0. The van der Waals surface area contributed by atoms with Crippen LogP contribution in [0.4, 0.5) is 0 Å². The van der Waals surface area contributed by atoms with Gasteiger partial charge in [0, 0.05) is 8.03 Å². The van der Waals surface area contributed by atoms with Gasteiger partial charge in [0.25, 0.3) is 0 Å². The molecule has 0 aliphatic carbocycles. The van der Waals surface area contributed by atoms with Gasteiger partial charge in [-0.05, 0) is 72.6 Å². The summed E-state index contributed by atoms with van der Waals surface area (Å²) in [5, 5.41) is 17.2. The molecule has 0 saturated carbocycles. The molecule has 0 aromatic carbocycles. The molecule has 0 radical (unpaired) electrons. The largest absolute Gasteiger partial charge is 0.396 e. The molecule has 140 valence electrons. The predicted octanol–water partition coefficient (Wildman–Crippen LogP) is 6.30. The van der Waals surface area contributed by atoms with Crippen LogP contribution in [0.15, 0.2) is 34.9 Å². The quantitative estimate of drug-likeness (QED) is 0.487. The molecule has 23 heavy (non-hydrogen) atoms. The monoisotopic (exact) mass is 328 g/mol. The maximum absolute atomic E-state index is 8.63. The number of hydrogen-bond acceptors (Lipinski definition) is 2. The van der Waals surface area contributed by atoms with Crippen molar-refractivity contribution in [3.8, 4) is 0 Å². The highest BCUT2D eigenvalue weighted by Crippen LogP contribution is 2.10. The van der Waals surface area contributed by atoms with E-state index < -0.39 is 0 Å². The van der Waals surface area contributed by atoms with Gasteiger partial charge in [0.05, 0.1) is 6.61 Å². The summed E-state index contributed by atoms with van der Waals surface area (Å²) < 4.78 is 0. The molecule has 0 spiro atoms. The molecule has 0 aromatic heterocycles. The Morgan fingerprint density at radius 1 is 0.870 bits per heavy atom. The van der Waals surface area contributed by atoms with E-state index in [9.17, 15) is 0 Å². The van der Waals surface area contributed by atoms with Gasteiger partial charge >= 0.3 is 0 Å². The standard InChI is InChI=1S/C10H20O.C10H18O.CH4.H2/c2*1-9(2)5-4-6-10(3)7-8-11;;/h5,10-11H,4,6-8H2,1-3H3;5,7,11H,4,6,8H2,1-3H3;1H4;1H/b;10-7+;;. The highest BCUT2D eigenvalue weighted by atomic mass is 16.3. The highest BCUT2D eigenvalue weighted by Gasteiger charge is 1.98. The topological polar surface area (TPSA) is 40.5 Å². The van der Waals surface area contributed by atoms with Gasteiger partial charge in [-0.25, -0.2) is 0 Å². The minimum absolute atomic E-state index is 0. The first-order chi connectivity index (χ1) is 10.3. The van der Waals surface area contributed by atoms with Crippen LogP contribution in [-0.2, 0) is 0 Å². The zero-order chi connectivity index (χ0) is 17.4. The lowest BCUT2D eigenvalue weighted by Crippen LogP contribution is -1.96. The summed E-state index contributed by atoms with van der Waals surface area (Å²) in [6, 6.07) is 0. The Kier molecular flexibility index (Phi) is 22.5. The van der Waals surface area contributed by atoms with Crippen molar-refractivity contribution in [3.63, 3.8) is 0 Å². The van der Waals surface area contributed by atoms with Gasteiger partial charge < -0.3 is 10.2 Å². The Morgan fingerprint density at radius 3 is 1.83 bits per heavy atom. The lowest BCUT2D eigenvalue weighted by molar-refractivity contribution is 0.259. The molecule has 2 nitrogen and oxygen atoms in total. The summed E-state index contributed by atoms with van der Waals surface area (Å²) in [6.07, 6.45) is 11.8. The van der Waals surface area contributed by atoms with Gasteiger partial charge in [-0.1, -0.05) is 49.3 Å². The van der Waals surface area contributed by atoms with Gasteiger partial charge in [0.15, 0.2) is 0 Å². The molecule has 2 N–H and O–H groups in total. The van der Waals surface area contributed by atoms with Crippen LogP contribution in [-0.4, -0.2) is 23.4 Å². The van der Waals surface area contributed by atoms with E-state index in [1.807, 2.05) is 6.08 Å². The van der Waals surface area contributed by atoms with E-state index in [0.29, 0.717) is 12.5 Å². The fraction of sp³-hybridized carbons (Fsp3) is 0.714. The van der Waals surface area contributed by atoms with Crippen molar-refractivity contribution in [2.24, 2.45) is 5.92 Å². The van der Waals surface area contributed by atoms with E-state index in [2.05, 4.69) is 53.7 Å². The SMILES string of the molecule is C.CC(C)=CCC/C(C)=C/CO.CC(C)=CCCC(C)CCO.[HH]. The number of rotatable bonds is 9. The van der Waals surface area contributed by atoms with Gasteiger partial charge in [-0.15, -0.1) is 0 Å². The van der Waals surface area contributed by atoms with Gasteiger partial charge in [0.2, 0.25) is 0 Å². The van der Waals surface area contributed by atoms with Crippen LogP contribution >= 0.6 is 0 Å². The molecule has 0 aliphatic rings. The average Bonchev–Trinajstić information content (AvgIpc) is 2.39. The lowest BCUT2D eigenvalue weighted by atomic mass is 10.0. The summed E-state index contributed by atoms with van der Waals surface area (Å²) in [5.74, 6) is 0.663. The van der Waals surface area contributed by atoms with Crippen molar-refractivity contribution in [3.05, 3.63) is 34.9 Å². The summed E-state index contributed by atoms with van der Waals surface area (Å²) in [6.45, 7) is 13.2. The van der Waals surface area contributed by atoms with Gasteiger partial charge in [-0.3, -0.25) is 0 Å². The van der Waals surface area contributed by atoms with E-state index in [-0.39, 0.29) is 15.5 Å². The molecule has 0 saturated heterocycles. The van der Waals surface area contributed by atoms with Crippen molar-refractivity contribution in [2.45, 2.75) is 81.1 Å². The Hall–Kier alpha value is -0.860. The average molecular weight is 329 g/mol. The zero-order valence-electron chi connectivity index (χ0n) is 15.7. The molecule has 0 heterocycles. The third-order valence-corrected chi connectivity index (χ3v) is 3.36. The fourth-order valence-electron chi connectivity index (χ4n) is 1.87. The first-order valence-electron chi connectivity index (χ1n) is 8.47. The van der Waals surface area contributed by atoms with Crippen molar-refractivity contribution < 1.29 is 11.6 Å². The Bertz CT molecular complexity index is 336. The molecule has 0 fully saturated rings. The molecule has 0 rings (SSSR count).